The van der Waals surface area contributed by atoms with E-state index in [0.29, 0.717) is 36.2 Å². The number of benzene rings is 1. The Kier molecular flexibility index (Phi) is 4.52. The van der Waals surface area contributed by atoms with E-state index < -0.39 is 0 Å². The van der Waals surface area contributed by atoms with Crippen LogP contribution in [0.2, 0.25) is 0 Å². The molecule has 0 unspecified atom stereocenters. The number of H-pyrrole nitrogens is 1. The molecule has 120 valence electrons. The molecule has 0 saturated heterocycles. The normalized spacial score (nSPS) is 13.1. The van der Waals surface area contributed by atoms with Gasteiger partial charge >= 0.3 is 0 Å². The Morgan fingerprint density at radius 2 is 2.22 bits per heavy atom. The molecule has 0 fully saturated rings. The van der Waals surface area contributed by atoms with E-state index in [1.54, 1.807) is 31.5 Å². The van der Waals surface area contributed by atoms with Crippen molar-refractivity contribution in [3.8, 4) is 17.2 Å². The average molecular weight is 380 g/mol. The van der Waals surface area contributed by atoms with Gasteiger partial charge in [0, 0.05) is 16.2 Å². The lowest BCUT2D eigenvalue weighted by Gasteiger charge is -2.20. The van der Waals surface area contributed by atoms with Gasteiger partial charge < -0.3 is 19.2 Å². The van der Waals surface area contributed by atoms with Crippen LogP contribution in [0.3, 0.4) is 0 Å². The zero-order chi connectivity index (χ0) is 16.2. The van der Waals surface area contributed by atoms with Gasteiger partial charge in [-0.1, -0.05) is 0 Å². The second-order valence-corrected chi connectivity index (χ2v) is 5.59. The van der Waals surface area contributed by atoms with Crippen molar-refractivity contribution in [3.05, 3.63) is 40.1 Å². The maximum Gasteiger partial charge on any atom is 0.287 e. The summed E-state index contributed by atoms with van der Waals surface area (Å²) >= 11 is 3.27. The molecular weight excluding hydrogens is 366 g/mol. The van der Waals surface area contributed by atoms with Gasteiger partial charge in [-0.3, -0.25) is 4.79 Å². The van der Waals surface area contributed by atoms with E-state index >= 15 is 0 Å². The summed E-state index contributed by atoms with van der Waals surface area (Å²) in [5.41, 5.74) is 3.58. The predicted molar refractivity (Wildman–Crippen MR) is 87.5 cm³/mol. The van der Waals surface area contributed by atoms with Crippen LogP contribution in [-0.2, 0) is 0 Å². The van der Waals surface area contributed by atoms with Crippen molar-refractivity contribution in [2.75, 3.05) is 20.3 Å². The number of methoxy groups -OCH3 is 1. The number of fused-ring (bicyclic) bond motifs is 1. The molecule has 0 aliphatic carbocycles. The number of hydrogen-bond acceptors (Lipinski definition) is 5. The summed E-state index contributed by atoms with van der Waals surface area (Å²) in [5.74, 6) is 1.40. The van der Waals surface area contributed by atoms with Crippen LogP contribution < -0.4 is 19.6 Å². The molecule has 1 aliphatic heterocycles. The monoisotopic (exact) mass is 379 g/mol. The molecule has 0 radical (unpaired) electrons. The largest absolute Gasteiger partial charge is 0.493 e. The highest BCUT2D eigenvalue weighted by Gasteiger charge is 2.18. The number of hydrazone groups is 1. The molecule has 0 spiro atoms. The first kappa shape index (κ1) is 15.4. The molecule has 1 amide bonds. The Balaban J connectivity index is 1.73. The van der Waals surface area contributed by atoms with Crippen molar-refractivity contribution in [1.29, 1.82) is 0 Å². The minimum Gasteiger partial charge on any atom is -0.493 e. The minimum absolute atomic E-state index is 0.337. The quantitative estimate of drug-likeness (QED) is 0.630. The fourth-order valence-corrected chi connectivity index (χ4v) is 2.44. The van der Waals surface area contributed by atoms with Crippen LogP contribution in [0.25, 0.3) is 0 Å². The first-order valence-corrected chi connectivity index (χ1v) is 7.61. The SMILES string of the molecule is COc1cc(/C=N\NC(=O)c2cc(Br)c[nH]2)cc2c1OCCO2. The second-order valence-electron chi connectivity index (χ2n) is 4.68. The highest BCUT2D eigenvalue weighted by atomic mass is 79.9. The topological polar surface area (TPSA) is 84.9 Å². The molecule has 2 heterocycles. The van der Waals surface area contributed by atoms with E-state index in [2.05, 4.69) is 31.4 Å². The van der Waals surface area contributed by atoms with Gasteiger partial charge in [-0.25, -0.2) is 5.43 Å². The summed E-state index contributed by atoms with van der Waals surface area (Å²) < 4.78 is 17.2. The van der Waals surface area contributed by atoms with Gasteiger partial charge in [0.25, 0.3) is 5.91 Å². The Labute approximate surface area is 140 Å². The molecule has 2 N–H and O–H groups in total. The third-order valence-corrected chi connectivity index (χ3v) is 3.58. The van der Waals surface area contributed by atoms with Gasteiger partial charge in [0.05, 0.1) is 13.3 Å². The zero-order valence-electron chi connectivity index (χ0n) is 12.3. The van der Waals surface area contributed by atoms with E-state index in [-0.39, 0.29) is 5.91 Å². The first-order chi connectivity index (χ1) is 11.2. The third-order valence-electron chi connectivity index (χ3n) is 3.12. The highest BCUT2D eigenvalue weighted by Crippen LogP contribution is 2.39. The molecule has 0 bridgehead atoms. The molecule has 3 rings (SSSR count). The molecule has 2 aromatic rings. The van der Waals surface area contributed by atoms with Crippen LogP contribution in [0.15, 0.2) is 34.0 Å². The van der Waals surface area contributed by atoms with Gasteiger partial charge in [-0.05, 0) is 34.1 Å². The van der Waals surface area contributed by atoms with Crippen LogP contribution in [0.5, 0.6) is 17.2 Å². The molecule has 1 aromatic heterocycles. The first-order valence-electron chi connectivity index (χ1n) is 6.82. The van der Waals surface area contributed by atoms with Gasteiger partial charge in [0.2, 0.25) is 5.75 Å². The van der Waals surface area contributed by atoms with Crippen molar-refractivity contribution in [2.24, 2.45) is 5.10 Å². The van der Waals surface area contributed by atoms with Crippen molar-refractivity contribution < 1.29 is 19.0 Å². The van der Waals surface area contributed by atoms with E-state index in [9.17, 15) is 4.79 Å². The van der Waals surface area contributed by atoms with Crippen molar-refractivity contribution in [3.63, 3.8) is 0 Å². The van der Waals surface area contributed by atoms with E-state index in [1.165, 1.54) is 6.21 Å². The van der Waals surface area contributed by atoms with Crippen LogP contribution in [0.1, 0.15) is 16.1 Å². The number of carbonyl (C=O) groups is 1. The number of nitrogens with one attached hydrogen (secondary N) is 2. The van der Waals surface area contributed by atoms with Crippen LogP contribution in [0, 0.1) is 0 Å². The standard InChI is InChI=1S/C15H14BrN3O4/c1-21-12-4-9(5-13-14(12)23-3-2-22-13)7-18-19-15(20)11-6-10(16)8-17-11/h4-8,17H,2-3H2,1H3,(H,19,20)/b18-7-. The Morgan fingerprint density at radius 3 is 2.96 bits per heavy atom. The molecular formula is C15H14BrN3O4. The summed E-state index contributed by atoms with van der Waals surface area (Å²) in [6.07, 6.45) is 3.18. The fraction of sp³-hybridized carbons (Fsp3) is 0.200. The molecule has 8 heteroatoms. The number of carbonyl (C=O) groups excluding carboxylic acids is 1. The van der Waals surface area contributed by atoms with Gasteiger partial charge in [0.1, 0.15) is 18.9 Å². The number of aromatic amines is 1. The number of aromatic nitrogens is 1. The molecule has 0 atom stereocenters. The molecule has 1 aromatic carbocycles. The molecule has 23 heavy (non-hydrogen) atoms. The predicted octanol–water partition coefficient (Wildman–Crippen LogP) is 2.32. The smallest absolute Gasteiger partial charge is 0.287 e. The second kappa shape index (κ2) is 6.74. The van der Waals surface area contributed by atoms with Crippen LogP contribution in [0.4, 0.5) is 0 Å². The summed E-state index contributed by atoms with van der Waals surface area (Å²) in [6.45, 7) is 0.966. The Bertz CT molecular complexity index is 740. The maximum absolute atomic E-state index is 11.9. The van der Waals surface area contributed by atoms with E-state index in [0.717, 1.165) is 10.0 Å². The number of amides is 1. The number of halogens is 1. The molecule has 1 aliphatic rings. The van der Waals surface area contributed by atoms with Crippen LogP contribution in [-0.4, -0.2) is 37.4 Å². The lowest BCUT2D eigenvalue weighted by atomic mass is 10.2. The number of ether oxygens (including phenoxy) is 3. The van der Waals surface area contributed by atoms with Crippen molar-refractivity contribution >= 4 is 28.1 Å². The maximum atomic E-state index is 11.9. The van der Waals surface area contributed by atoms with E-state index in [4.69, 9.17) is 14.2 Å². The highest BCUT2D eigenvalue weighted by molar-refractivity contribution is 9.10. The van der Waals surface area contributed by atoms with Gasteiger partial charge in [-0.15, -0.1) is 0 Å². The number of nitrogens with zero attached hydrogens (tertiary/aromatic N) is 1. The van der Waals surface area contributed by atoms with Crippen molar-refractivity contribution in [1.82, 2.24) is 10.4 Å². The number of hydrogen-bond donors (Lipinski definition) is 2. The summed E-state index contributed by atoms with van der Waals surface area (Å²) in [5, 5.41) is 3.94. The fourth-order valence-electron chi connectivity index (χ4n) is 2.09. The molecule has 7 nitrogen and oxygen atoms in total. The summed E-state index contributed by atoms with van der Waals surface area (Å²) in [4.78, 5) is 14.7. The summed E-state index contributed by atoms with van der Waals surface area (Å²) in [7, 11) is 1.55. The Hall–Kier alpha value is -2.48. The van der Waals surface area contributed by atoms with Gasteiger partial charge in [0.15, 0.2) is 11.5 Å². The average Bonchev–Trinajstić information content (AvgIpc) is 3.00. The Morgan fingerprint density at radius 1 is 1.39 bits per heavy atom. The number of rotatable bonds is 4. The van der Waals surface area contributed by atoms with Crippen LogP contribution >= 0.6 is 15.9 Å². The van der Waals surface area contributed by atoms with Gasteiger partial charge in [-0.2, -0.15) is 5.10 Å². The van der Waals surface area contributed by atoms with E-state index in [1.807, 2.05) is 0 Å². The summed E-state index contributed by atoms with van der Waals surface area (Å²) in [6, 6.07) is 5.20. The van der Waals surface area contributed by atoms with Crippen molar-refractivity contribution in [2.45, 2.75) is 0 Å². The zero-order valence-corrected chi connectivity index (χ0v) is 13.8. The third kappa shape index (κ3) is 3.48. The lowest BCUT2D eigenvalue weighted by molar-refractivity contribution is 0.0951. The minimum atomic E-state index is -0.337. The molecule has 0 saturated carbocycles. The lowest BCUT2D eigenvalue weighted by Crippen LogP contribution is -2.18.